The van der Waals surface area contributed by atoms with Gasteiger partial charge in [-0.1, -0.05) is 194 Å². The second-order valence-corrected chi connectivity index (χ2v) is 13.4. The molecule has 0 bridgehead atoms. The van der Waals surface area contributed by atoms with Crippen molar-refractivity contribution in [1.29, 1.82) is 0 Å². The fourth-order valence-electron chi connectivity index (χ4n) is 5.92. The number of aliphatic hydroxyl groups excluding tert-OH is 1. The van der Waals surface area contributed by atoms with E-state index in [0.29, 0.717) is 0 Å². The van der Waals surface area contributed by atoms with Gasteiger partial charge in [0.05, 0.1) is 12.0 Å². The zero-order chi connectivity index (χ0) is 33.2. The highest BCUT2D eigenvalue weighted by atomic mass is 16.4. The first-order valence-corrected chi connectivity index (χ1v) is 19.1. The molecule has 0 aliphatic heterocycles. The second-order valence-electron chi connectivity index (χ2n) is 13.4. The topological polar surface area (TPSA) is 115 Å². The molecule has 1 atom stereocenters. The molecule has 0 heterocycles. The molecule has 0 rings (SSSR count). The average molecular weight is 629 g/mol. The van der Waals surface area contributed by atoms with E-state index in [4.69, 9.17) is 15.3 Å². The molecule has 0 saturated heterocycles. The molecule has 1 unspecified atom stereocenters. The van der Waals surface area contributed by atoms with Crippen LogP contribution in [0.5, 0.6) is 0 Å². The fraction of sp³-hybridized carbons (Fsp3) is 0.947. The van der Waals surface area contributed by atoms with Crippen LogP contribution in [-0.2, 0) is 9.59 Å². The number of hydrogen-bond acceptors (Lipinski definition) is 4. The summed E-state index contributed by atoms with van der Waals surface area (Å²) in [5, 5.41) is 35.6. The standard InChI is InChI=1S/C34H70O.C4H6O5/c1-4-7-10-13-16-19-20-21-24-27-30-33-34(35,31-28-25-22-17-14-11-8-5-2)32-29-26-23-18-15-12-9-6-3;5-2(4(8)9)1-3(6)7/h35H,4-33H2,1-3H3;2,5H,1H2,(H,6,7)(H,8,9). The van der Waals surface area contributed by atoms with E-state index in [-0.39, 0.29) is 5.60 Å². The molecule has 0 amide bonds. The van der Waals surface area contributed by atoms with E-state index in [1.807, 2.05) is 0 Å². The molecule has 0 radical (unpaired) electrons. The predicted molar refractivity (Wildman–Crippen MR) is 186 cm³/mol. The summed E-state index contributed by atoms with van der Waals surface area (Å²) in [6.45, 7) is 6.89. The van der Waals surface area contributed by atoms with Crippen LogP contribution >= 0.6 is 0 Å². The highest BCUT2D eigenvalue weighted by molar-refractivity contribution is 5.79. The molecule has 0 aromatic rings. The molecule has 44 heavy (non-hydrogen) atoms. The quantitative estimate of drug-likeness (QED) is 0.0537. The lowest BCUT2D eigenvalue weighted by atomic mass is 9.85. The summed E-state index contributed by atoms with van der Waals surface area (Å²) in [4.78, 5) is 19.4. The number of carbonyl (C=O) groups is 2. The molecule has 0 fully saturated rings. The highest BCUT2D eigenvalue weighted by Gasteiger charge is 2.25. The van der Waals surface area contributed by atoms with Crippen LogP contribution in [0.25, 0.3) is 0 Å². The molecule has 0 aromatic carbocycles. The Bertz CT molecular complexity index is 588. The summed E-state index contributed by atoms with van der Waals surface area (Å²) in [5.74, 6) is -2.85. The van der Waals surface area contributed by atoms with E-state index < -0.39 is 24.5 Å². The first kappa shape index (κ1) is 45.0. The Morgan fingerprint density at radius 2 is 0.682 bits per heavy atom. The largest absolute Gasteiger partial charge is 0.481 e. The lowest BCUT2D eigenvalue weighted by Gasteiger charge is -2.29. The molecule has 0 aromatic heterocycles. The minimum Gasteiger partial charge on any atom is -0.481 e. The van der Waals surface area contributed by atoms with Crippen LogP contribution in [0.2, 0.25) is 0 Å². The van der Waals surface area contributed by atoms with E-state index in [0.717, 1.165) is 19.3 Å². The zero-order valence-electron chi connectivity index (χ0n) is 29.6. The van der Waals surface area contributed by atoms with E-state index in [1.165, 1.54) is 173 Å². The Kier molecular flexibility index (Phi) is 35.5. The van der Waals surface area contributed by atoms with Gasteiger partial charge in [-0.05, 0) is 19.3 Å². The summed E-state index contributed by atoms with van der Waals surface area (Å²) in [7, 11) is 0. The van der Waals surface area contributed by atoms with Crippen LogP contribution in [-0.4, -0.2) is 44.1 Å². The van der Waals surface area contributed by atoms with Crippen molar-refractivity contribution in [3.63, 3.8) is 0 Å². The number of carboxylic acids is 2. The van der Waals surface area contributed by atoms with Crippen LogP contribution in [0.1, 0.15) is 220 Å². The maximum atomic E-state index is 11.5. The number of hydrogen-bond donors (Lipinski definition) is 4. The van der Waals surface area contributed by atoms with Crippen LogP contribution < -0.4 is 0 Å². The molecular weight excluding hydrogens is 552 g/mol. The molecule has 6 heteroatoms. The maximum Gasteiger partial charge on any atom is 0.333 e. The number of aliphatic carboxylic acids is 2. The van der Waals surface area contributed by atoms with Crippen molar-refractivity contribution < 1.29 is 30.0 Å². The van der Waals surface area contributed by atoms with Gasteiger partial charge in [0.2, 0.25) is 0 Å². The molecule has 0 spiro atoms. The number of carboxylic acid groups (broad SMARTS) is 2. The third kappa shape index (κ3) is 35.3. The van der Waals surface area contributed by atoms with Crippen molar-refractivity contribution >= 4 is 11.9 Å². The van der Waals surface area contributed by atoms with Gasteiger partial charge in [-0.3, -0.25) is 4.79 Å². The molecule has 6 nitrogen and oxygen atoms in total. The first-order chi connectivity index (χ1) is 21.2. The molecule has 264 valence electrons. The smallest absolute Gasteiger partial charge is 0.333 e. The number of aliphatic hydroxyl groups is 2. The lowest BCUT2D eigenvalue weighted by molar-refractivity contribution is -0.152. The SMILES string of the molecule is CCCCCCCCCCCCCC(O)(CCCCCCCCCC)CCCCCCCCCC.O=C(O)CC(O)C(=O)O. The summed E-state index contributed by atoms with van der Waals surface area (Å²) < 4.78 is 0. The van der Waals surface area contributed by atoms with E-state index >= 15 is 0 Å². The Morgan fingerprint density at radius 1 is 0.455 bits per heavy atom. The van der Waals surface area contributed by atoms with Crippen LogP contribution in [0.15, 0.2) is 0 Å². The van der Waals surface area contributed by atoms with Gasteiger partial charge in [0.15, 0.2) is 6.10 Å². The Morgan fingerprint density at radius 3 is 0.864 bits per heavy atom. The molecule has 0 saturated carbocycles. The van der Waals surface area contributed by atoms with Gasteiger partial charge in [0.25, 0.3) is 0 Å². The highest BCUT2D eigenvalue weighted by Crippen LogP contribution is 2.29. The minimum absolute atomic E-state index is 0.371. The zero-order valence-corrected chi connectivity index (χ0v) is 29.6. The molecule has 0 aliphatic carbocycles. The van der Waals surface area contributed by atoms with Gasteiger partial charge < -0.3 is 20.4 Å². The van der Waals surface area contributed by atoms with Gasteiger partial charge in [0.1, 0.15) is 0 Å². The van der Waals surface area contributed by atoms with Gasteiger partial charge in [-0.25, -0.2) is 4.79 Å². The predicted octanol–water partition coefficient (Wildman–Crippen LogP) is 11.4. The fourth-order valence-corrected chi connectivity index (χ4v) is 5.92. The molecular formula is C38H76O6. The molecule has 0 aliphatic rings. The minimum atomic E-state index is -1.79. The number of unbranched alkanes of at least 4 members (excludes halogenated alkanes) is 24. The third-order valence-corrected chi connectivity index (χ3v) is 8.89. The van der Waals surface area contributed by atoms with Gasteiger partial charge >= 0.3 is 11.9 Å². The normalized spacial score (nSPS) is 12.1. The van der Waals surface area contributed by atoms with Gasteiger partial charge in [-0.2, -0.15) is 0 Å². The summed E-state index contributed by atoms with van der Waals surface area (Å²) in [6, 6.07) is 0. The monoisotopic (exact) mass is 629 g/mol. The van der Waals surface area contributed by atoms with Gasteiger partial charge in [0, 0.05) is 0 Å². The second kappa shape index (κ2) is 34.7. The lowest BCUT2D eigenvalue weighted by Crippen LogP contribution is -2.28. The third-order valence-electron chi connectivity index (χ3n) is 8.89. The van der Waals surface area contributed by atoms with Crippen molar-refractivity contribution in [2.75, 3.05) is 0 Å². The Labute approximate surface area is 273 Å². The van der Waals surface area contributed by atoms with E-state index in [2.05, 4.69) is 20.8 Å². The van der Waals surface area contributed by atoms with Crippen molar-refractivity contribution in [3.05, 3.63) is 0 Å². The number of rotatable bonds is 33. The van der Waals surface area contributed by atoms with Crippen molar-refractivity contribution in [1.82, 2.24) is 0 Å². The maximum absolute atomic E-state index is 11.5. The van der Waals surface area contributed by atoms with Gasteiger partial charge in [-0.15, -0.1) is 0 Å². The van der Waals surface area contributed by atoms with Crippen LogP contribution in [0.4, 0.5) is 0 Å². The van der Waals surface area contributed by atoms with Crippen molar-refractivity contribution in [2.24, 2.45) is 0 Å². The van der Waals surface area contributed by atoms with Crippen LogP contribution in [0, 0.1) is 0 Å². The summed E-state index contributed by atoms with van der Waals surface area (Å²) >= 11 is 0. The van der Waals surface area contributed by atoms with Crippen molar-refractivity contribution in [2.45, 2.75) is 232 Å². The Balaban J connectivity index is 0. The van der Waals surface area contributed by atoms with Crippen LogP contribution in [0.3, 0.4) is 0 Å². The Hall–Kier alpha value is -1.14. The van der Waals surface area contributed by atoms with E-state index in [9.17, 15) is 14.7 Å². The molecule has 4 N–H and O–H groups in total. The average Bonchev–Trinajstić information content (AvgIpc) is 2.98. The van der Waals surface area contributed by atoms with Crippen molar-refractivity contribution in [3.8, 4) is 0 Å². The summed E-state index contributed by atoms with van der Waals surface area (Å²) in [6.07, 6.45) is 37.7. The first-order valence-electron chi connectivity index (χ1n) is 19.1. The van der Waals surface area contributed by atoms with E-state index in [1.54, 1.807) is 0 Å². The summed E-state index contributed by atoms with van der Waals surface area (Å²) in [5.41, 5.74) is -0.371.